The molecule has 1 atom stereocenters. The Morgan fingerprint density at radius 1 is 0.769 bits per heavy atom. The maximum absolute atomic E-state index is 14.4. The molecule has 5 rings (SSSR count). The minimum atomic E-state index is -1.52. The molecule has 1 N–H and O–H groups in total. The van der Waals surface area contributed by atoms with Crippen molar-refractivity contribution >= 4 is 10.9 Å². The lowest BCUT2D eigenvalue weighted by molar-refractivity contribution is 0.0208. The zero-order valence-corrected chi connectivity index (χ0v) is 22.2. The molecule has 0 spiro atoms. The largest absolute Gasteiger partial charge is 0.385 e. The third kappa shape index (κ3) is 6.06. The first-order chi connectivity index (χ1) is 18.8. The van der Waals surface area contributed by atoms with Crippen LogP contribution in [0.15, 0.2) is 103 Å². The highest BCUT2D eigenvalue weighted by molar-refractivity contribution is 5.87. The minimum Gasteiger partial charge on any atom is -0.385 e. The Hall–Kier alpha value is -3.93. The zero-order chi connectivity index (χ0) is 27.4. The van der Waals surface area contributed by atoms with Crippen molar-refractivity contribution in [3.63, 3.8) is 0 Å². The summed E-state index contributed by atoms with van der Waals surface area (Å²) in [6.45, 7) is 0.539. The molecule has 0 saturated heterocycles. The van der Waals surface area contributed by atoms with Gasteiger partial charge in [0.2, 0.25) is 0 Å². The summed E-state index contributed by atoms with van der Waals surface area (Å²) in [5.74, 6) is -1.41. The monoisotopic (exact) mass is 522 g/mol. The molecular weight excluding hydrogens is 490 g/mol. The molecule has 0 aliphatic carbocycles. The lowest BCUT2D eigenvalue weighted by Crippen LogP contribution is -2.33. The quantitative estimate of drug-likeness (QED) is 0.223. The highest BCUT2D eigenvalue weighted by atomic mass is 19.1. The summed E-state index contributed by atoms with van der Waals surface area (Å²) < 4.78 is 28.9. The van der Waals surface area contributed by atoms with Gasteiger partial charge in [-0.2, -0.15) is 0 Å². The summed E-state index contributed by atoms with van der Waals surface area (Å²) in [5, 5.41) is 13.2. The molecule has 3 nitrogen and oxygen atoms in total. The molecule has 0 amide bonds. The molecule has 4 aromatic carbocycles. The fourth-order valence-electron chi connectivity index (χ4n) is 5.21. The molecule has 0 aliphatic rings. The smallest absolute Gasteiger partial charge is 0.126 e. The van der Waals surface area contributed by atoms with Crippen LogP contribution in [0.1, 0.15) is 28.7 Å². The Bertz CT molecular complexity index is 1550. The number of hydrogen-bond acceptors (Lipinski definition) is 3. The Labute approximate surface area is 228 Å². The van der Waals surface area contributed by atoms with Crippen molar-refractivity contribution < 1.29 is 13.9 Å². The molecule has 1 unspecified atom stereocenters. The Balaban J connectivity index is 1.76. The van der Waals surface area contributed by atoms with Crippen LogP contribution in [0, 0.1) is 11.6 Å². The second kappa shape index (κ2) is 11.4. The van der Waals surface area contributed by atoms with Crippen LogP contribution in [-0.2, 0) is 18.4 Å². The van der Waals surface area contributed by atoms with E-state index < -0.39 is 17.2 Å². The normalized spacial score (nSPS) is 13.1. The van der Waals surface area contributed by atoms with Crippen LogP contribution in [0.5, 0.6) is 0 Å². The van der Waals surface area contributed by atoms with Gasteiger partial charge in [0.1, 0.15) is 11.6 Å². The molecule has 0 radical (unpaired) electrons. The lowest BCUT2D eigenvalue weighted by atomic mass is 9.80. The number of para-hydroxylation sites is 1. The van der Waals surface area contributed by atoms with E-state index in [1.54, 1.807) is 0 Å². The number of halogens is 2. The number of hydrogen-bond donors (Lipinski definition) is 1. The van der Waals surface area contributed by atoms with Gasteiger partial charge in [-0.15, -0.1) is 0 Å². The predicted molar refractivity (Wildman–Crippen MR) is 154 cm³/mol. The van der Waals surface area contributed by atoms with Crippen molar-refractivity contribution in [3.8, 4) is 11.3 Å². The van der Waals surface area contributed by atoms with Crippen molar-refractivity contribution in [2.75, 3.05) is 20.6 Å². The van der Waals surface area contributed by atoms with Gasteiger partial charge in [-0.05, 0) is 67.4 Å². The van der Waals surface area contributed by atoms with E-state index in [1.807, 2.05) is 91.8 Å². The standard InChI is InChI=1S/C34H32F2N2O/c1-38(2)18-17-34(39,26-20-27(35)22-28(36)21-26)23-31-29-15-9-10-16-32(29)37-33(25-13-7-4-8-14-25)30(31)19-24-11-5-3-6-12-24/h3-16,20-22,39H,17-19,23H2,1-2H3. The number of aliphatic hydroxyl groups is 1. The summed E-state index contributed by atoms with van der Waals surface area (Å²) in [6, 6.07) is 31.4. The van der Waals surface area contributed by atoms with E-state index in [0.717, 1.165) is 44.9 Å². The van der Waals surface area contributed by atoms with Crippen LogP contribution in [0.25, 0.3) is 22.2 Å². The maximum Gasteiger partial charge on any atom is 0.126 e. The van der Waals surface area contributed by atoms with Crippen molar-refractivity contribution in [2.45, 2.75) is 24.9 Å². The van der Waals surface area contributed by atoms with Crippen LogP contribution in [0.2, 0.25) is 0 Å². The first-order valence-corrected chi connectivity index (χ1v) is 13.2. The van der Waals surface area contributed by atoms with Crippen molar-refractivity contribution in [3.05, 3.63) is 137 Å². The fourth-order valence-corrected chi connectivity index (χ4v) is 5.21. The first kappa shape index (κ1) is 26.7. The predicted octanol–water partition coefficient (Wildman–Crippen LogP) is 7.15. The molecular formula is C34H32F2N2O. The van der Waals surface area contributed by atoms with Gasteiger partial charge < -0.3 is 10.0 Å². The second-order valence-electron chi connectivity index (χ2n) is 10.4. The van der Waals surface area contributed by atoms with Crippen LogP contribution in [0.3, 0.4) is 0 Å². The first-order valence-electron chi connectivity index (χ1n) is 13.2. The summed E-state index contributed by atoms with van der Waals surface area (Å²) in [5.41, 5.74) is 4.37. The van der Waals surface area contributed by atoms with Crippen molar-refractivity contribution in [1.29, 1.82) is 0 Å². The maximum atomic E-state index is 14.4. The summed E-state index contributed by atoms with van der Waals surface area (Å²) in [4.78, 5) is 7.06. The Kier molecular flexibility index (Phi) is 7.82. The molecule has 0 aliphatic heterocycles. The van der Waals surface area contributed by atoms with Gasteiger partial charge >= 0.3 is 0 Å². The van der Waals surface area contributed by atoms with Gasteiger partial charge in [-0.25, -0.2) is 13.8 Å². The Morgan fingerprint density at radius 3 is 2.05 bits per heavy atom. The summed E-state index contributed by atoms with van der Waals surface area (Å²) in [6.07, 6.45) is 1.07. The molecule has 5 heteroatoms. The van der Waals surface area contributed by atoms with Crippen LogP contribution < -0.4 is 0 Å². The highest BCUT2D eigenvalue weighted by Gasteiger charge is 2.33. The molecule has 0 saturated carbocycles. The van der Waals surface area contributed by atoms with Gasteiger partial charge in [-0.3, -0.25) is 0 Å². The number of fused-ring (bicyclic) bond motifs is 1. The van der Waals surface area contributed by atoms with E-state index in [9.17, 15) is 13.9 Å². The molecule has 1 heterocycles. The lowest BCUT2D eigenvalue weighted by Gasteiger charge is -2.32. The molecule has 1 aromatic heterocycles. The van der Waals surface area contributed by atoms with E-state index in [2.05, 4.69) is 12.1 Å². The number of nitrogens with zero attached hydrogens (tertiary/aromatic N) is 2. The Morgan fingerprint density at radius 2 is 1.38 bits per heavy atom. The van der Waals surface area contributed by atoms with Crippen molar-refractivity contribution in [1.82, 2.24) is 9.88 Å². The number of rotatable bonds is 9. The molecule has 0 fully saturated rings. The van der Waals surface area contributed by atoms with Gasteiger partial charge in [0.15, 0.2) is 0 Å². The van der Waals surface area contributed by atoms with E-state index in [-0.39, 0.29) is 12.0 Å². The third-order valence-electron chi connectivity index (χ3n) is 7.22. The SMILES string of the molecule is CN(C)CCC(O)(Cc1c(Cc2ccccc2)c(-c2ccccc2)nc2ccccc12)c1cc(F)cc(F)c1. The van der Waals surface area contributed by atoms with E-state index in [4.69, 9.17) is 4.98 Å². The van der Waals surface area contributed by atoms with E-state index in [1.165, 1.54) is 12.1 Å². The van der Waals surface area contributed by atoms with E-state index in [0.29, 0.717) is 19.4 Å². The topological polar surface area (TPSA) is 36.4 Å². The highest BCUT2D eigenvalue weighted by Crippen LogP contribution is 2.38. The van der Waals surface area contributed by atoms with Gasteiger partial charge in [0.05, 0.1) is 16.8 Å². The number of aromatic nitrogens is 1. The van der Waals surface area contributed by atoms with Crippen molar-refractivity contribution in [2.24, 2.45) is 0 Å². The number of pyridine rings is 1. The van der Waals surface area contributed by atoms with Crippen LogP contribution in [-0.4, -0.2) is 35.6 Å². The average Bonchev–Trinajstić information content (AvgIpc) is 2.93. The molecule has 0 bridgehead atoms. The van der Waals surface area contributed by atoms with Gasteiger partial charge in [0, 0.05) is 30.0 Å². The zero-order valence-electron chi connectivity index (χ0n) is 22.2. The molecule has 39 heavy (non-hydrogen) atoms. The second-order valence-corrected chi connectivity index (χ2v) is 10.4. The third-order valence-corrected chi connectivity index (χ3v) is 7.22. The van der Waals surface area contributed by atoms with Gasteiger partial charge in [0.25, 0.3) is 0 Å². The molecule has 198 valence electrons. The van der Waals surface area contributed by atoms with Gasteiger partial charge in [-0.1, -0.05) is 78.9 Å². The summed E-state index contributed by atoms with van der Waals surface area (Å²) >= 11 is 0. The average molecular weight is 523 g/mol. The van der Waals surface area contributed by atoms with Crippen LogP contribution >= 0.6 is 0 Å². The van der Waals surface area contributed by atoms with E-state index >= 15 is 0 Å². The fraction of sp³-hybridized carbons (Fsp3) is 0.206. The molecule has 5 aromatic rings. The van der Waals surface area contributed by atoms with Crippen LogP contribution in [0.4, 0.5) is 8.78 Å². The summed E-state index contributed by atoms with van der Waals surface area (Å²) in [7, 11) is 3.84. The minimum absolute atomic E-state index is 0.175. The number of benzene rings is 4.